The zero-order valence-corrected chi connectivity index (χ0v) is 11.2. The third-order valence-corrected chi connectivity index (χ3v) is 5.03. The van der Waals surface area contributed by atoms with Crippen LogP contribution < -0.4 is 5.32 Å². The van der Waals surface area contributed by atoms with Gasteiger partial charge < -0.3 is 5.32 Å². The zero-order valence-electron chi connectivity index (χ0n) is 10.4. The minimum atomic E-state index is 0.760. The van der Waals surface area contributed by atoms with E-state index < -0.39 is 0 Å². The maximum absolute atomic E-state index is 3.70. The summed E-state index contributed by atoms with van der Waals surface area (Å²) in [6.45, 7) is 3.69. The van der Waals surface area contributed by atoms with Gasteiger partial charge in [-0.05, 0) is 50.2 Å². The first-order valence-electron chi connectivity index (χ1n) is 6.93. The number of hydrogen-bond donors (Lipinski definition) is 1. The molecular weight excluding hydrogens is 228 g/mol. The molecule has 2 atom stereocenters. The molecule has 17 heavy (non-hydrogen) atoms. The second-order valence-corrected chi connectivity index (χ2v) is 6.35. The molecular formula is C14H22N2S. The summed E-state index contributed by atoms with van der Waals surface area (Å²) in [6.07, 6.45) is 6.95. The first-order valence-corrected chi connectivity index (χ1v) is 7.81. The van der Waals surface area contributed by atoms with Crippen LogP contribution in [-0.4, -0.2) is 30.1 Å². The molecule has 1 aromatic rings. The van der Waals surface area contributed by atoms with E-state index in [1.807, 2.05) is 11.3 Å². The van der Waals surface area contributed by atoms with Crippen LogP contribution in [0.3, 0.4) is 0 Å². The number of nitrogens with one attached hydrogen (secondary N) is 1. The molecule has 2 aliphatic heterocycles. The summed E-state index contributed by atoms with van der Waals surface area (Å²) < 4.78 is 0. The summed E-state index contributed by atoms with van der Waals surface area (Å²) in [6, 6.07) is 5.99. The van der Waals surface area contributed by atoms with Crippen LogP contribution in [0, 0.1) is 0 Å². The fourth-order valence-corrected chi connectivity index (χ4v) is 4.04. The molecule has 0 bridgehead atoms. The fourth-order valence-electron chi connectivity index (χ4n) is 3.31. The van der Waals surface area contributed by atoms with Crippen molar-refractivity contribution >= 4 is 11.3 Å². The van der Waals surface area contributed by atoms with E-state index in [0.29, 0.717) is 0 Å². The highest BCUT2D eigenvalue weighted by atomic mass is 32.1. The van der Waals surface area contributed by atoms with Gasteiger partial charge in [-0.25, -0.2) is 0 Å². The van der Waals surface area contributed by atoms with Gasteiger partial charge in [0.05, 0.1) is 0 Å². The van der Waals surface area contributed by atoms with E-state index in [1.165, 1.54) is 56.6 Å². The second kappa shape index (κ2) is 5.51. The van der Waals surface area contributed by atoms with Crippen LogP contribution in [0.2, 0.25) is 0 Å². The van der Waals surface area contributed by atoms with Crippen molar-refractivity contribution in [2.24, 2.45) is 0 Å². The molecule has 94 valence electrons. The molecule has 0 aromatic carbocycles. The summed E-state index contributed by atoms with van der Waals surface area (Å²) in [7, 11) is 0. The molecule has 2 fully saturated rings. The Morgan fingerprint density at radius 1 is 1.29 bits per heavy atom. The highest BCUT2D eigenvalue weighted by Crippen LogP contribution is 2.26. The normalized spacial score (nSPS) is 30.8. The van der Waals surface area contributed by atoms with Crippen molar-refractivity contribution in [2.45, 2.75) is 50.7 Å². The van der Waals surface area contributed by atoms with Gasteiger partial charge in [-0.15, -0.1) is 11.3 Å². The smallest absolute Gasteiger partial charge is 0.0331 e. The van der Waals surface area contributed by atoms with E-state index in [2.05, 4.69) is 27.7 Å². The van der Waals surface area contributed by atoms with Crippen LogP contribution >= 0.6 is 11.3 Å². The quantitative estimate of drug-likeness (QED) is 0.887. The summed E-state index contributed by atoms with van der Waals surface area (Å²) in [5.74, 6) is 0. The molecule has 1 N–H and O–H groups in total. The second-order valence-electron chi connectivity index (χ2n) is 5.32. The first-order chi connectivity index (χ1) is 8.43. The molecule has 0 saturated carbocycles. The number of thiophene rings is 1. The van der Waals surface area contributed by atoms with Gasteiger partial charge in [0.2, 0.25) is 0 Å². The summed E-state index contributed by atoms with van der Waals surface area (Å²) >= 11 is 1.90. The minimum absolute atomic E-state index is 0.760. The van der Waals surface area contributed by atoms with Gasteiger partial charge in [0.25, 0.3) is 0 Å². The predicted molar refractivity (Wildman–Crippen MR) is 73.4 cm³/mol. The van der Waals surface area contributed by atoms with E-state index in [4.69, 9.17) is 0 Å². The monoisotopic (exact) mass is 250 g/mol. The molecule has 3 rings (SSSR count). The number of likely N-dealkylation sites (tertiary alicyclic amines) is 1. The third kappa shape index (κ3) is 2.72. The number of piperidine rings is 1. The Morgan fingerprint density at radius 3 is 3.06 bits per heavy atom. The maximum atomic E-state index is 3.70. The van der Waals surface area contributed by atoms with E-state index in [-0.39, 0.29) is 0 Å². The highest BCUT2D eigenvalue weighted by Gasteiger charge is 2.31. The Kier molecular flexibility index (Phi) is 3.79. The molecule has 0 radical (unpaired) electrons. The Bertz CT molecular complexity index is 330. The van der Waals surface area contributed by atoms with E-state index >= 15 is 0 Å². The van der Waals surface area contributed by atoms with Crippen LogP contribution in [0.5, 0.6) is 0 Å². The molecule has 3 heterocycles. The minimum Gasteiger partial charge on any atom is -0.312 e. The summed E-state index contributed by atoms with van der Waals surface area (Å²) in [5.41, 5.74) is 0. The average Bonchev–Trinajstić information content (AvgIpc) is 3.01. The largest absolute Gasteiger partial charge is 0.312 e. The summed E-state index contributed by atoms with van der Waals surface area (Å²) in [5, 5.41) is 5.89. The van der Waals surface area contributed by atoms with Gasteiger partial charge in [0.1, 0.15) is 0 Å². The van der Waals surface area contributed by atoms with Crippen molar-refractivity contribution in [3.8, 4) is 0 Å². The molecule has 0 aliphatic carbocycles. The van der Waals surface area contributed by atoms with Crippen molar-refractivity contribution in [3.05, 3.63) is 22.4 Å². The van der Waals surface area contributed by atoms with Gasteiger partial charge in [-0.3, -0.25) is 4.90 Å². The highest BCUT2D eigenvalue weighted by molar-refractivity contribution is 7.09. The van der Waals surface area contributed by atoms with Crippen molar-refractivity contribution in [3.63, 3.8) is 0 Å². The van der Waals surface area contributed by atoms with Crippen LogP contribution in [0.1, 0.15) is 37.0 Å². The molecule has 1 aromatic heterocycles. The Labute approximate surface area is 108 Å². The zero-order chi connectivity index (χ0) is 11.5. The Morgan fingerprint density at radius 2 is 2.29 bits per heavy atom. The van der Waals surface area contributed by atoms with E-state index in [1.54, 1.807) is 0 Å². The van der Waals surface area contributed by atoms with Crippen LogP contribution in [0.15, 0.2) is 17.5 Å². The number of rotatable bonds is 3. The fraction of sp³-hybridized carbons (Fsp3) is 0.714. The van der Waals surface area contributed by atoms with Gasteiger partial charge in [-0.1, -0.05) is 12.5 Å². The SMILES string of the molecule is c1csc(CN2CCCCC2C2CCCN2)c1. The van der Waals surface area contributed by atoms with Crippen molar-refractivity contribution in [1.29, 1.82) is 0 Å². The van der Waals surface area contributed by atoms with Crippen LogP contribution in [0.4, 0.5) is 0 Å². The molecule has 2 unspecified atom stereocenters. The Balaban J connectivity index is 1.66. The first kappa shape index (κ1) is 11.7. The molecule has 3 heteroatoms. The van der Waals surface area contributed by atoms with Crippen molar-refractivity contribution in [1.82, 2.24) is 10.2 Å². The third-order valence-electron chi connectivity index (χ3n) is 4.17. The van der Waals surface area contributed by atoms with Gasteiger partial charge in [0, 0.05) is 23.5 Å². The molecule has 2 aliphatic rings. The molecule has 0 amide bonds. The van der Waals surface area contributed by atoms with Crippen molar-refractivity contribution in [2.75, 3.05) is 13.1 Å². The molecule has 0 spiro atoms. The lowest BCUT2D eigenvalue weighted by molar-refractivity contribution is 0.113. The maximum Gasteiger partial charge on any atom is 0.0331 e. The van der Waals surface area contributed by atoms with E-state index in [0.717, 1.165) is 12.1 Å². The van der Waals surface area contributed by atoms with Crippen LogP contribution in [0.25, 0.3) is 0 Å². The molecule has 2 saturated heterocycles. The number of nitrogens with zero attached hydrogens (tertiary/aromatic N) is 1. The topological polar surface area (TPSA) is 15.3 Å². The van der Waals surface area contributed by atoms with Crippen LogP contribution in [-0.2, 0) is 6.54 Å². The average molecular weight is 250 g/mol. The number of hydrogen-bond acceptors (Lipinski definition) is 3. The standard InChI is InChI=1S/C14H22N2S/c1-2-9-16(11-12-5-4-10-17-12)14(7-1)13-6-3-8-15-13/h4-5,10,13-15H,1-3,6-9,11H2. The van der Waals surface area contributed by atoms with Gasteiger partial charge in [-0.2, -0.15) is 0 Å². The van der Waals surface area contributed by atoms with E-state index in [9.17, 15) is 0 Å². The van der Waals surface area contributed by atoms with Gasteiger partial charge in [0.15, 0.2) is 0 Å². The lowest BCUT2D eigenvalue weighted by Crippen LogP contribution is -2.49. The molecule has 2 nitrogen and oxygen atoms in total. The summed E-state index contributed by atoms with van der Waals surface area (Å²) in [4.78, 5) is 4.24. The van der Waals surface area contributed by atoms with Crippen molar-refractivity contribution < 1.29 is 0 Å². The van der Waals surface area contributed by atoms with Gasteiger partial charge >= 0.3 is 0 Å². The lowest BCUT2D eigenvalue weighted by atomic mass is 9.94. The Hall–Kier alpha value is -0.380. The lowest BCUT2D eigenvalue weighted by Gasteiger charge is -2.39. The predicted octanol–water partition coefficient (Wildman–Crippen LogP) is 2.85.